The average molecular weight is 383 g/mol. The maximum Gasteiger partial charge on any atom is 0.344 e. The molecular formula is C21H21NO4S. The number of hydrogen-bond donors (Lipinski definition) is 0. The number of thiazole rings is 1. The third-order valence-electron chi connectivity index (χ3n) is 4.10. The fourth-order valence-corrected chi connectivity index (χ4v) is 3.19. The van der Waals surface area contributed by atoms with E-state index in [0.29, 0.717) is 11.4 Å². The lowest BCUT2D eigenvalue weighted by molar-refractivity contribution is -0.147. The summed E-state index contributed by atoms with van der Waals surface area (Å²) in [5.41, 5.74) is 4.01. The van der Waals surface area contributed by atoms with Crippen LogP contribution in [0.5, 0.6) is 11.5 Å². The summed E-state index contributed by atoms with van der Waals surface area (Å²) in [6.45, 7) is 4.03. The summed E-state index contributed by atoms with van der Waals surface area (Å²) < 4.78 is 15.9. The summed E-state index contributed by atoms with van der Waals surface area (Å²) in [6, 6.07) is 13.4. The molecule has 0 radical (unpaired) electrons. The first-order valence-electron chi connectivity index (χ1n) is 8.49. The summed E-state index contributed by atoms with van der Waals surface area (Å²) >= 11 is 1.51. The van der Waals surface area contributed by atoms with E-state index in [0.717, 1.165) is 21.9 Å². The molecule has 0 fully saturated rings. The molecular weight excluding hydrogens is 362 g/mol. The van der Waals surface area contributed by atoms with Gasteiger partial charge in [-0.3, -0.25) is 0 Å². The van der Waals surface area contributed by atoms with Crippen molar-refractivity contribution >= 4 is 17.3 Å². The van der Waals surface area contributed by atoms with Gasteiger partial charge in [0.15, 0.2) is 6.61 Å². The van der Waals surface area contributed by atoms with Crippen LogP contribution >= 0.6 is 11.3 Å². The van der Waals surface area contributed by atoms with E-state index < -0.39 is 5.97 Å². The third-order valence-corrected chi connectivity index (χ3v) is 5.04. The fraction of sp³-hybridized carbons (Fsp3) is 0.238. The van der Waals surface area contributed by atoms with E-state index in [-0.39, 0.29) is 13.2 Å². The molecule has 0 spiro atoms. The highest BCUT2D eigenvalue weighted by Gasteiger charge is 2.09. The molecule has 3 aromatic rings. The molecule has 0 saturated heterocycles. The quantitative estimate of drug-likeness (QED) is 0.560. The van der Waals surface area contributed by atoms with E-state index >= 15 is 0 Å². The number of methoxy groups -OCH3 is 1. The Morgan fingerprint density at radius 2 is 1.78 bits per heavy atom. The smallest absolute Gasteiger partial charge is 0.344 e. The van der Waals surface area contributed by atoms with Gasteiger partial charge in [-0.2, -0.15) is 0 Å². The first-order chi connectivity index (χ1) is 13.0. The lowest BCUT2D eigenvalue weighted by atomic mass is 10.1. The van der Waals surface area contributed by atoms with Crippen molar-refractivity contribution in [2.45, 2.75) is 20.5 Å². The molecule has 3 rings (SSSR count). The van der Waals surface area contributed by atoms with Gasteiger partial charge in [0.2, 0.25) is 0 Å². The summed E-state index contributed by atoms with van der Waals surface area (Å²) in [6.07, 6.45) is 0. The molecule has 1 heterocycles. The average Bonchev–Trinajstić information content (AvgIpc) is 3.16. The van der Waals surface area contributed by atoms with Crippen LogP contribution in [0.3, 0.4) is 0 Å². The van der Waals surface area contributed by atoms with Crippen LogP contribution in [0, 0.1) is 13.8 Å². The number of carbonyl (C=O) groups excluding carboxylic acids is 1. The van der Waals surface area contributed by atoms with Crippen LogP contribution in [-0.2, 0) is 16.1 Å². The molecule has 0 aliphatic rings. The topological polar surface area (TPSA) is 57.7 Å². The van der Waals surface area contributed by atoms with Gasteiger partial charge >= 0.3 is 5.97 Å². The molecule has 6 heteroatoms. The molecule has 1 aromatic heterocycles. The standard InChI is InChI=1S/C21H21NO4S/c1-14-4-7-19(10-15(14)2)25-12-20(23)26-11-17-13-27-21(22-17)16-5-8-18(24-3)9-6-16/h4-10,13H,11-12H2,1-3H3. The minimum atomic E-state index is -0.424. The van der Waals surface area contributed by atoms with Gasteiger partial charge in [0, 0.05) is 10.9 Å². The van der Waals surface area contributed by atoms with Gasteiger partial charge in [-0.05, 0) is 61.4 Å². The van der Waals surface area contributed by atoms with E-state index in [1.807, 2.05) is 61.7 Å². The minimum Gasteiger partial charge on any atom is -0.497 e. The molecule has 27 heavy (non-hydrogen) atoms. The van der Waals surface area contributed by atoms with Crippen LogP contribution in [-0.4, -0.2) is 24.7 Å². The van der Waals surface area contributed by atoms with Crippen molar-refractivity contribution < 1.29 is 19.0 Å². The van der Waals surface area contributed by atoms with Crippen LogP contribution < -0.4 is 9.47 Å². The van der Waals surface area contributed by atoms with Crippen LogP contribution in [0.2, 0.25) is 0 Å². The molecule has 0 saturated carbocycles. The Morgan fingerprint density at radius 3 is 2.48 bits per heavy atom. The maximum absolute atomic E-state index is 11.9. The lowest BCUT2D eigenvalue weighted by Gasteiger charge is -2.08. The Kier molecular flexibility index (Phi) is 6.08. The van der Waals surface area contributed by atoms with Crippen molar-refractivity contribution in [1.82, 2.24) is 4.98 Å². The van der Waals surface area contributed by atoms with Gasteiger partial charge in [0.1, 0.15) is 23.1 Å². The van der Waals surface area contributed by atoms with Gasteiger partial charge in [-0.25, -0.2) is 9.78 Å². The number of carbonyl (C=O) groups is 1. The number of ether oxygens (including phenoxy) is 3. The van der Waals surface area contributed by atoms with Crippen LogP contribution in [0.25, 0.3) is 10.6 Å². The first kappa shape index (κ1) is 18.9. The number of aromatic nitrogens is 1. The molecule has 0 atom stereocenters. The molecule has 5 nitrogen and oxygen atoms in total. The van der Waals surface area contributed by atoms with Crippen LogP contribution in [0.1, 0.15) is 16.8 Å². The molecule has 0 N–H and O–H groups in total. The number of hydrogen-bond acceptors (Lipinski definition) is 6. The first-order valence-corrected chi connectivity index (χ1v) is 9.37. The van der Waals surface area contributed by atoms with Gasteiger partial charge in [-0.1, -0.05) is 6.07 Å². The Balaban J connectivity index is 1.50. The molecule has 140 valence electrons. The molecule has 0 aliphatic heterocycles. The van der Waals surface area contributed by atoms with E-state index in [4.69, 9.17) is 14.2 Å². The second-order valence-corrected chi connectivity index (χ2v) is 6.93. The minimum absolute atomic E-state index is 0.127. The highest BCUT2D eigenvalue weighted by atomic mass is 32.1. The van der Waals surface area contributed by atoms with Crippen LogP contribution in [0.15, 0.2) is 47.8 Å². The van der Waals surface area contributed by atoms with E-state index in [2.05, 4.69) is 4.98 Å². The highest BCUT2D eigenvalue weighted by Crippen LogP contribution is 2.26. The number of rotatable bonds is 7. The predicted octanol–water partition coefficient (Wildman–Crippen LogP) is 4.56. The summed E-state index contributed by atoms with van der Waals surface area (Å²) in [7, 11) is 1.63. The fourth-order valence-electron chi connectivity index (χ4n) is 2.38. The van der Waals surface area contributed by atoms with Crippen molar-refractivity contribution in [3.8, 4) is 22.1 Å². The van der Waals surface area contributed by atoms with E-state index in [1.165, 1.54) is 16.9 Å². The Bertz CT molecular complexity index is 918. The van der Waals surface area contributed by atoms with Crippen molar-refractivity contribution in [3.63, 3.8) is 0 Å². The molecule has 0 amide bonds. The number of benzene rings is 2. The SMILES string of the molecule is COc1ccc(-c2nc(COC(=O)COc3ccc(C)c(C)c3)cs2)cc1. The van der Waals surface area contributed by atoms with Crippen LogP contribution in [0.4, 0.5) is 0 Å². The predicted molar refractivity (Wildman–Crippen MR) is 105 cm³/mol. The largest absolute Gasteiger partial charge is 0.497 e. The van der Waals surface area contributed by atoms with Gasteiger partial charge < -0.3 is 14.2 Å². The Labute approximate surface area is 162 Å². The number of nitrogens with zero attached hydrogens (tertiary/aromatic N) is 1. The Hall–Kier alpha value is -2.86. The third kappa shape index (κ3) is 5.08. The van der Waals surface area contributed by atoms with Crippen molar-refractivity contribution in [2.75, 3.05) is 13.7 Å². The lowest BCUT2D eigenvalue weighted by Crippen LogP contribution is -2.14. The molecule has 2 aromatic carbocycles. The number of aryl methyl sites for hydroxylation is 2. The van der Waals surface area contributed by atoms with Crippen molar-refractivity contribution in [3.05, 3.63) is 64.7 Å². The molecule has 0 bridgehead atoms. The summed E-state index contributed by atoms with van der Waals surface area (Å²) in [5.74, 6) is 1.03. The van der Waals surface area contributed by atoms with E-state index in [9.17, 15) is 4.79 Å². The molecule has 0 aliphatic carbocycles. The molecule has 0 unspecified atom stereocenters. The normalized spacial score (nSPS) is 10.5. The van der Waals surface area contributed by atoms with Crippen molar-refractivity contribution in [1.29, 1.82) is 0 Å². The van der Waals surface area contributed by atoms with E-state index in [1.54, 1.807) is 7.11 Å². The maximum atomic E-state index is 11.9. The second kappa shape index (κ2) is 8.68. The van der Waals surface area contributed by atoms with Gasteiger partial charge in [0.25, 0.3) is 0 Å². The monoisotopic (exact) mass is 383 g/mol. The summed E-state index contributed by atoms with van der Waals surface area (Å²) in [5, 5.41) is 2.76. The zero-order valence-electron chi connectivity index (χ0n) is 15.5. The van der Waals surface area contributed by atoms with Gasteiger partial charge in [0.05, 0.1) is 12.8 Å². The van der Waals surface area contributed by atoms with Gasteiger partial charge in [-0.15, -0.1) is 11.3 Å². The summed E-state index contributed by atoms with van der Waals surface area (Å²) in [4.78, 5) is 16.4. The van der Waals surface area contributed by atoms with Crippen molar-refractivity contribution in [2.24, 2.45) is 0 Å². The zero-order chi connectivity index (χ0) is 19.2. The highest BCUT2D eigenvalue weighted by molar-refractivity contribution is 7.13. The number of esters is 1. The second-order valence-electron chi connectivity index (χ2n) is 6.07. The Morgan fingerprint density at radius 1 is 1.04 bits per heavy atom. The zero-order valence-corrected chi connectivity index (χ0v) is 16.3.